The minimum atomic E-state index is -0.341. The van der Waals surface area contributed by atoms with Crippen molar-refractivity contribution in [2.75, 3.05) is 20.3 Å². The van der Waals surface area contributed by atoms with E-state index < -0.39 is 0 Å². The van der Waals surface area contributed by atoms with Crippen molar-refractivity contribution >= 4 is 17.1 Å². The fourth-order valence-electron chi connectivity index (χ4n) is 1.23. The zero-order valence-electron chi connectivity index (χ0n) is 8.19. The lowest BCUT2D eigenvalue weighted by molar-refractivity contribution is 0.171. The lowest BCUT2D eigenvalue weighted by atomic mass is 10.3. The van der Waals surface area contributed by atoms with Crippen molar-refractivity contribution in [3.05, 3.63) is 18.2 Å². The van der Waals surface area contributed by atoms with Crippen LogP contribution in [-0.2, 0) is 4.74 Å². The van der Waals surface area contributed by atoms with Crippen molar-refractivity contribution in [3.8, 4) is 11.5 Å². The molecule has 0 unspecified atom stereocenters. The summed E-state index contributed by atoms with van der Waals surface area (Å²) in [5, 5.41) is -0.341. The Labute approximate surface area is 91.5 Å². The summed E-state index contributed by atoms with van der Waals surface area (Å²) in [7, 11) is 1.35. The van der Waals surface area contributed by atoms with Gasteiger partial charge in [-0.05, 0) is 30.0 Å². The number of carbonyl (C=O) groups excluding carboxylic acids is 1. The first-order chi connectivity index (χ1) is 7.29. The fourth-order valence-corrected chi connectivity index (χ4v) is 1.80. The minimum Gasteiger partial charge on any atom is -0.486 e. The van der Waals surface area contributed by atoms with E-state index in [0.717, 1.165) is 22.4 Å². The van der Waals surface area contributed by atoms with Crippen LogP contribution in [0.3, 0.4) is 0 Å². The molecule has 0 amide bonds. The van der Waals surface area contributed by atoms with Gasteiger partial charge in [0.05, 0.1) is 7.11 Å². The molecule has 0 aliphatic carbocycles. The quantitative estimate of drug-likeness (QED) is 0.543. The number of thioether (sulfide) groups is 1. The van der Waals surface area contributed by atoms with Gasteiger partial charge in [-0.15, -0.1) is 0 Å². The van der Waals surface area contributed by atoms with Crippen molar-refractivity contribution in [3.63, 3.8) is 0 Å². The summed E-state index contributed by atoms with van der Waals surface area (Å²) in [6.07, 6.45) is 0. The summed E-state index contributed by atoms with van der Waals surface area (Å²) in [6.45, 7) is 1.11. The number of rotatable bonds is 1. The highest BCUT2D eigenvalue weighted by Gasteiger charge is 2.13. The van der Waals surface area contributed by atoms with E-state index in [2.05, 4.69) is 4.74 Å². The maximum absolute atomic E-state index is 11.0. The van der Waals surface area contributed by atoms with Crippen LogP contribution in [0.15, 0.2) is 23.1 Å². The standard InChI is InChI=1S/C10H10O4S/c1-12-10(11)15-7-2-3-8-9(6-7)14-5-4-13-8/h2-3,6H,4-5H2,1H3. The molecule has 1 aliphatic rings. The number of hydrogen-bond acceptors (Lipinski definition) is 5. The Balaban J connectivity index is 2.17. The van der Waals surface area contributed by atoms with E-state index in [4.69, 9.17) is 9.47 Å². The van der Waals surface area contributed by atoms with Gasteiger partial charge in [-0.25, -0.2) is 4.79 Å². The fraction of sp³-hybridized carbons (Fsp3) is 0.300. The highest BCUT2D eigenvalue weighted by Crippen LogP contribution is 2.34. The summed E-state index contributed by atoms with van der Waals surface area (Å²) < 4.78 is 15.3. The van der Waals surface area contributed by atoms with E-state index in [9.17, 15) is 4.79 Å². The van der Waals surface area contributed by atoms with Gasteiger partial charge in [0.25, 0.3) is 0 Å². The predicted octanol–water partition coefficient (Wildman–Crippen LogP) is 2.32. The lowest BCUT2D eigenvalue weighted by Gasteiger charge is -2.18. The number of benzene rings is 1. The van der Waals surface area contributed by atoms with E-state index in [-0.39, 0.29) is 5.30 Å². The Bertz CT molecular complexity index is 378. The van der Waals surface area contributed by atoms with Gasteiger partial charge >= 0.3 is 5.30 Å². The molecule has 4 nitrogen and oxygen atoms in total. The average Bonchev–Trinajstić information content (AvgIpc) is 2.29. The lowest BCUT2D eigenvalue weighted by Crippen LogP contribution is -2.15. The van der Waals surface area contributed by atoms with Gasteiger partial charge in [0, 0.05) is 4.90 Å². The minimum absolute atomic E-state index is 0.341. The Morgan fingerprint density at radius 3 is 2.80 bits per heavy atom. The van der Waals surface area contributed by atoms with Crippen LogP contribution in [-0.4, -0.2) is 25.6 Å². The Morgan fingerprint density at radius 1 is 1.33 bits per heavy atom. The summed E-state index contributed by atoms with van der Waals surface area (Å²) in [6, 6.07) is 5.37. The van der Waals surface area contributed by atoms with E-state index >= 15 is 0 Å². The molecule has 1 aromatic rings. The van der Waals surface area contributed by atoms with Crippen molar-refractivity contribution in [2.24, 2.45) is 0 Å². The first kappa shape index (κ1) is 10.2. The second-order valence-electron chi connectivity index (χ2n) is 2.86. The zero-order chi connectivity index (χ0) is 10.7. The number of ether oxygens (including phenoxy) is 3. The first-order valence-corrected chi connectivity index (χ1v) is 5.26. The maximum Gasteiger partial charge on any atom is 0.371 e. The molecule has 1 aromatic carbocycles. The second-order valence-corrected chi connectivity index (χ2v) is 3.87. The first-order valence-electron chi connectivity index (χ1n) is 4.45. The molecule has 1 aliphatic heterocycles. The smallest absolute Gasteiger partial charge is 0.371 e. The normalized spacial score (nSPS) is 13.4. The van der Waals surface area contributed by atoms with E-state index in [1.165, 1.54) is 7.11 Å². The van der Waals surface area contributed by atoms with Gasteiger partial charge in [-0.2, -0.15) is 0 Å². The monoisotopic (exact) mass is 226 g/mol. The van der Waals surface area contributed by atoms with Crippen LogP contribution in [0.4, 0.5) is 4.79 Å². The van der Waals surface area contributed by atoms with Gasteiger partial charge in [0.1, 0.15) is 13.2 Å². The van der Waals surface area contributed by atoms with Crippen LogP contribution in [0, 0.1) is 0 Å². The molecule has 0 bridgehead atoms. The number of fused-ring (bicyclic) bond motifs is 1. The van der Waals surface area contributed by atoms with Crippen LogP contribution in [0.25, 0.3) is 0 Å². The Morgan fingerprint density at radius 2 is 2.07 bits per heavy atom. The summed E-state index contributed by atoms with van der Waals surface area (Å²) in [4.78, 5) is 11.8. The second kappa shape index (κ2) is 4.44. The van der Waals surface area contributed by atoms with Crippen molar-refractivity contribution in [1.29, 1.82) is 0 Å². The maximum atomic E-state index is 11.0. The third-order valence-corrected chi connectivity index (χ3v) is 2.70. The molecule has 0 saturated carbocycles. The SMILES string of the molecule is COC(=O)Sc1ccc2c(c1)OCCO2. The van der Waals surface area contributed by atoms with Crippen molar-refractivity contribution < 1.29 is 19.0 Å². The van der Waals surface area contributed by atoms with Crippen molar-refractivity contribution in [1.82, 2.24) is 0 Å². The molecule has 5 heteroatoms. The molecule has 15 heavy (non-hydrogen) atoms. The number of carbonyl (C=O) groups is 1. The van der Waals surface area contributed by atoms with E-state index in [1.54, 1.807) is 18.2 Å². The molecule has 0 N–H and O–H groups in total. The van der Waals surface area contributed by atoms with Gasteiger partial charge in [0.15, 0.2) is 11.5 Å². The molecule has 0 aromatic heterocycles. The van der Waals surface area contributed by atoms with Crippen molar-refractivity contribution in [2.45, 2.75) is 4.90 Å². The highest BCUT2D eigenvalue weighted by atomic mass is 32.2. The molecule has 2 rings (SSSR count). The third-order valence-electron chi connectivity index (χ3n) is 1.88. The Hall–Kier alpha value is -1.36. The molecule has 0 saturated heterocycles. The summed E-state index contributed by atoms with van der Waals surface area (Å²) in [5.41, 5.74) is 0. The van der Waals surface area contributed by atoms with Crippen LogP contribution in [0.1, 0.15) is 0 Å². The van der Waals surface area contributed by atoms with Crippen LogP contribution >= 0.6 is 11.8 Å². The third kappa shape index (κ3) is 2.36. The van der Waals surface area contributed by atoms with Gasteiger partial charge < -0.3 is 14.2 Å². The average molecular weight is 226 g/mol. The largest absolute Gasteiger partial charge is 0.486 e. The number of hydrogen-bond donors (Lipinski definition) is 0. The molecule has 0 fully saturated rings. The predicted molar refractivity (Wildman–Crippen MR) is 55.7 cm³/mol. The van der Waals surface area contributed by atoms with Gasteiger partial charge in [0.2, 0.25) is 0 Å². The Kier molecular flexibility index (Phi) is 3.01. The summed E-state index contributed by atoms with van der Waals surface area (Å²) >= 11 is 1.02. The van der Waals surface area contributed by atoms with Gasteiger partial charge in [-0.3, -0.25) is 0 Å². The molecule has 0 atom stereocenters. The van der Waals surface area contributed by atoms with Crippen LogP contribution < -0.4 is 9.47 Å². The molecule has 0 radical (unpaired) electrons. The topological polar surface area (TPSA) is 44.8 Å². The zero-order valence-corrected chi connectivity index (χ0v) is 9.00. The molecule has 80 valence electrons. The molecule has 0 spiro atoms. The van der Waals surface area contributed by atoms with Gasteiger partial charge in [-0.1, -0.05) is 0 Å². The van der Waals surface area contributed by atoms with Crippen LogP contribution in [0.2, 0.25) is 0 Å². The summed E-state index contributed by atoms with van der Waals surface area (Å²) in [5.74, 6) is 1.39. The molecule has 1 heterocycles. The molecular formula is C10H10O4S. The van der Waals surface area contributed by atoms with Crippen LogP contribution in [0.5, 0.6) is 11.5 Å². The van der Waals surface area contributed by atoms with E-state index in [1.807, 2.05) is 0 Å². The number of methoxy groups -OCH3 is 1. The van der Waals surface area contributed by atoms with E-state index in [0.29, 0.717) is 19.0 Å². The highest BCUT2D eigenvalue weighted by molar-refractivity contribution is 8.13. The molecular weight excluding hydrogens is 216 g/mol.